The molecule has 0 saturated heterocycles. The van der Waals surface area contributed by atoms with Gasteiger partial charge in [0.1, 0.15) is 10.3 Å². The van der Waals surface area contributed by atoms with Crippen LogP contribution in [0.2, 0.25) is 0 Å². The maximum Gasteiger partial charge on any atom is 0.347 e. The average molecular weight is 436 g/mol. The molecule has 0 aliphatic rings. The van der Waals surface area contributed by atoms with Crippen LogP contribution in [0.25, 0.3) is 0 Å². The lowest BCUT2D eigenvalue weighted by Crippen LogP contribution is -2.33. The van der Waals surface area contributed by atoms with Crippen molar-refractivity contribution in [2.75, 3.05) is 7.11 Å². The molecule has 0 bridgehead atoms. The van der Waals surface area contributed by atoms with Crippen LogP contribution in [0, 0.1) is 0 Å². The number of amides is 1. The van der Waals surface area contributed by atoms with Gasteiger partial charge in [-0.05, 0) is 45.4 Å². The summed E-state index contributed by atoms with van der Waals surface area (Å²) in [4.78, 5) is 11.7. The monoisotopic (exact) mass is 435 g/mol. The van der Waals surface area contributed by atoms with Crippen LogP contribution in [0.4, 0.5) is 0 Å². The molecule has 25 heavy (non-hydrogen) atoms. The van der Waals surface area contributed by atoms with Crippen LogP contribution < -0.4 is 10.1 Å². The van der Waals surface area contributed by atoms with Gasteiger partial charge < -0.3 is 19.1 Å². The fourth-order valence-corrected chi connectivity index (χ4v) is 5.34. The van der Waals surface area contributed by atoms with Gasteiger partial charge >= 0.3 is 7.60 Å². The number of benzene rings is 1. The third-order valence-electron chi connectivity index (χ3n) is 3.13. The minimum absolute atomic E-state index is 0.245. The molecular formula is C17H27BrNO5P. The third kappa shape index (κ3) is 6.74. The second-order valence-electron chi connectivity index (χ2n) is 6.17. The van der Waals surface area contributed by atoms with Crippen LogP contribution in [0.5, 0.6) is 5.75 Å². The molecular weight excluding hydrogens is 409 g/mol. The van der Waals surface area contributed by atoms with Gasteiger partial charge in [-0.3, -0.25) is 9.36 Å². The Morgan fingerprint density at radius 2 is 1.56 bits per heavy atom. The van der Waals surface area contributed by atoms with Gasteiger partial charge in [-0.1, -0.05) is 28.1 Å². The van der Waals surface area contributed by atoms with Crippen molar-refractivity contribution in [2.24, 2.45) is 0 Å². The molecule has 0 spiro atoms. The quantitative estimate of drug-likeness (QED) is 0.451. The lowest BCUT2D eigenvalue weighted by atomic mass is 10.1. The zero-order chi connectivity index (χ0) is 19.2. The van der Waals surface area contributed by atoms with Gasteiger partial charge in [-0.25, -0.2) is 0 Å². The first-order chi connectivity index (χ1) is 11.6. The summed E-state index contributed by atoms with van der Waals surface area (Å²) in [7, 11) is -1.97. The Kier molecular flexibility index (Phi) is 8.61. The molecule has 0 aliphatic heterocycles. The van der Waals surface area contributed by atoms with Gasteiger partial charge in [0, 0.05) is 6.92 Å². The fourth-order valence-electron chi connectivity index (χ4n) is 2.25. The van der Waals surface area contributed by atoms with E-state index in [1.165, 1.54) is 6.92 Å². The summed E-state index contributed by atoms with van der Waals surface area (Å²) in [6, 6.07) is 6.58. The highest BCUT2D eigenvalue weighted by Gasteiger charge is 2.42. The molecule has 0 heterocycles. The van der Waals surface area contributed by atoms with Gasteiger partial charge in [-0.2, -0.15) is 0 Å². The molecule has 1 aromatic carbocycles. The summed E-state index contributed by atoms with van der Waals surface area (Å²) < 4.78 is 29.1. The molecule has 0 saturated carbocycles. The number of hydrogen-bond acceptors (Lipinski definition) is 5. The van der Waals surface area contributed by atoms with Gasteiger partial charge in [0.2, 0.25) is 5.91 Å². The SMILES string of the molecule is COc1ccc([C@@H](NC(C)=O)[C@H](Br)P(=O)(OC(C)C)OC(C)C)cc1. The highest BCUT2D eigenvalue weighted by molar-refractivity contribution is 9.10. The summed E-state index contributed by atoms with van der Waals surface area (Å²) in [6.45, 7) is 8.56. The molecule has 0 aliphatic carbocycles. The highest BCUT2D eigenvalue weighted by atomic mass is 79.9. The number of alkyl halides is 1. The second kappa shape index (κ2) is 9.72. The fraction of sp³-hybridized carbons (Fsp3) is 0.588. The van der Waals surface area contributed by atoms with Crippen LogP contribution in [0.1, 0.15) is 46.2 Å². The van der Waals surface area contributed by atoms with Crippen LogP contribution >= 0.6 is 23.5 Å². The lowest BCUT2D eigenvalue weighted by molar-refractivity contribution is -0.119. The maximum absolute atomic E-state index is 13.4. The smallest absolute Gasteiger partial charge is 0.347 e. The number of halogens is 1. The van der Waals surface area contributed by atoms with E-state index in [4.69, 9.17) is 13.8 Å². The molecule has 0 radical (unpaired) electrons. The Balaban J connectivity index is 3.24. The number of ether oxygens (including phenoxy) is 1. The van der Waals surface area contributed by atoms with E-state index in [0.717, 1.165) is 5.56 Å². The van der Waals surface area contributed by atoms with E-state index in [0.29, 0.717) is 5.75 Å². The van der Waals surface area contributed by atoms with Crippen molar-refractivity contribution < 1.29 is 23.1 Å². The predicted octanol–water partition coefficient (Wildman–Crippen LogP) is 4.64. The van der Waals surface area contributed by atoms with Crippen molar-refractivity contribution in [1.29, 1.82) is 0 Å². The predicted molar refractivity (Wildman–Crippen MR) is 102 cm³/mol. The Morgan fingerprint density at radius 1 is 1.08 bits per heavy atom. The second-order valence-corrected chi connectivity index (χ2v) is 9.92. The molecule has 0 unspecified atom stereocenters. The molecule has 0 fully saturated rings. The van der Waals surface area contributed by atoms with Crippen LogP contribution in [-0.4, -0.2) is 29.8 Å². The first kappa shape index (κ1) is 22.2. The summed E-state index contributed by atoms with van der Waals surface area (Å²) in [5, 5.41) is 2.83. The molecule has 0 aromatic heterocycles. The number of carbonyl (C=O) groups is 1. The van der Waals surface area contributed by atoms with Gasteiger partial charge in [0.05, 0.1) is 25.4 Å². The Bertz CT molecular complexity index is 592. The normalized spacial score (nSPS) is 14.4. The number of hydrogen-bond donors (Lipinski definition) is 1. The standard InChI is InChI=1S/C17H27BrNO5P/c1-11(2)23-25(21,24-12(3)4)17(18)16(19-13(5)20)14-7-9-15(22-6)10-8-14/h7-12,16-17H,1-6H3,(H,19,20)/t16-,17-/m1/s1. The molecule has 1 aromatic rings. The molecule has 1 rings (SSSR count). The van der Waals surface area contributed by atoms with Crippen molar-refractivity contribution in [3.05, 3.63) is 29.8 Å². The largest absolute Gasteiger partial charge is 0.497 e. The molecule has 1 amide bonds. The van der Waals surface area contributed by atoms with Gasteiger partial charge in [0.15, 0.2) is 0 Å². The van der Waals surface area contributed by atoms with Crippen molar-refractivity contribution in [3.8, 4) is 5.75 Å². The highest BCUT2D eigenvalue weighted by Crippen LogP contribution is 2.61. The molecule has 142 valence electrons. The zero-order valence-electron chi connectivity index (χ0n) is 15.5. The van der Waals surface area contributed by atoms with Crippen LogP contribution in [0.15, 0.2) is 24.3 Å². The lowest BCUT2D eigenvalue weighted by Gasteiger charge is -2.32. The van der Waals surface area contributed by atoms with Crippen molar-refractivity contribution in [3.63, 3.8) is 0 Å². The van der Waals surface area contributed by atoms with E-state index in [1.54, 1.807) is 46.9 Å². The number of methoxy groups -OCH3 is 1. The van der Waals surface area contributed by atoms with Crippen LogP contribution in [-0.2, 0) is 18.4 Å². The molecule has 2 atom stereocenters. The van der Waals surface area contributed by atoms with E-state index in [9.17, 15) is 9.36 Å². The van der Waals surface area contributed by atoms with Gasteiger partial charge in [-0.15, -0.1) is 0 Å². The van der Waals surface area contributed by atoms with Crippen LogP contribution in [0.3, 0.4) is 0 Å². The van der Waals surface area contributed by atoms with Crippen molar-refractivity contribution in [2.45, 2.75) is 57.4 Å². The average Bonchev–Trinajstić information content (AvgIpc) is 2.50. The topological polar surface area (TPSA) is 73.9 Å². The van der Waals surface area contributed by atoms with E-state index in [-0.39, 0.29) is 18.1 Å². The number of rotatable bonds is 9. The number of nitrogens with one attached hydrogen (secondary N) is 1. The minimum atomic E-state index is -3.55. The van der Waals surface area contributed by atoms with E-state index >= 15 is 0 Å². The van der Waals surface area contributed by atoms with E-state index in [1.807, 2.05) is 12.1 Å². The van der Waals surface area contributed by atoms with Crippen molar-refractivity contribution in [1.82, 2.24) is 5.32 Å². The molecule has 6 nitrogen and oxygen atoms in total. The Hall–Kier alpha value is -0.880. The van der Waals surface area contributed by atoms with Crippen molar-refractivity contribution >= 4 is 29.4 Å². The number of carbonyl (C=O) groups excluding carboxylic acids is 1. The van der Waals surface area contributed by atoms with E-state index < -0.39 is 18.2 Å². The maximum atomic E-state index is 13.4. The summed E-state index contributed by atoms with van der Waals surface area (Å²) in [5.74, 6) is 0.447. The molecule has 8 heteroatoms. The molecule has 1 N–H and O–H groups in total. The Morgan fingerprint density at radius 3 is 1.92 bits per heavy atom. The minimum Gasteiger partial charge on any atom is -0.497 e. The van der Waals surface area contributed by atoms with Gasteiger partial charge in [0.25, 0.3) is 0 Å². The first-order valence-electron chi connectivity index (χ1n) is 8.10. The zero-order valence-corrected chi connectivity index (χ0v) is 18.0. The summed E-state index contributed by atoms with van der Waals surface area (Å²) in [5.41, 5.74) is 0.762. The van der Waals surface area contributed by atoms with E-state index in [2.05, 4.69) is 21.2 Å². The Labute approximate surface area is 158 Å². The summed E-state index contributed by atoms with van der Waals surface area (Å²) >= 11 is 3.47. The first-order valence-corrected chi connectivity index (χ1v) is 10.6. The summed E-state index contributed by atoms with van der Waals surface area (Å²) in [6.07, 6.45) is -0.586. The third-order valence-corrected chi connectivity index (χ3v) is 7.49.